The van der Waals surface area contributed by atoms with E-state index in [4.69, 9.17) is 5.73 Å². The van der Waals surface area contributed by atoms with Crippen LogP contribution in [0, 0.1) is 0 Å². The predicted molar refractivity (Wildman–Crippen MR) is 42.1 cm³/mol. The molecule has 0 saturated heterocycles. The molecule has 0 aliphatic carbocycles. The van der Waals surface area contributed by atoms with Crippen LogP contribution in [-0.2, 0) is 6.54 Å². The Kier molecular flexibility index (Phi) is 2.38. The van der Waals surface area contributed by atoms with E-state index in [0.717, 1.165) is 0 Å². The van der Waals surface area contributed by atoms with Crippen LogP contribution >= 0.6 is 0 Å². The lowest BCUT2D eigenvalue weighted by atomic mass is 10.4. The smallest absolute Gasteiger partial charge is 0.266 e. The number of nitrogens with two attached hydrogens (primary N) is 1. The van der Waals surface area contributed by atoms with Crippen molar-refractivity contribution in [2.75, 3.05) is 0 Å². The van der Waals surface area contributed by atoms with Crippen LogP contribution in [0.3, 0.4) is 0 Å². The molecule has 0 aromatic carbocycles. The maximum absolute atomic E-state index is 11.0. The Labute approximate surface area is 64.6 Å². The molecule has 0 unspecified atom stereocenters. The Bertz CT molecular complexity index is 279. The summed E-state index contributed by atoms with van der Waals surface area (Å²) in [4.78, 5) is 11.0. The molecule has 1 aromatic heterocycles. The highest BCUT2D eigenvalue weighted by Crippen LogP contribution is 1.80. The molecule has 0 saturated carbocycles. The second-order valence-corrected chi connectivity index (χ2v) is 2.52. The maximum Gasteiger partial charge on any atom is 0.266 e. The molecule has 1 atom stereocenters. The summed E-state index contributed by atoms with van der Waals surface area (Å²) in [5, 5.41) is 3.84. The summed E-state index contributed by atoms with van der Waals surface area (Å²) in [6.07, 6.45) is 1.57. The number of rotatable bonds is 2. The van der Waals surface area contributed by atoms with Gasteiger partial charge in [-0.15, -0.1) is 0 Å². The van der Waals surface area contributed by atoms with Crippen LogP contribution in [0.2, 0.25) is 0 Å². The third kappa shape index (κ3) is 2.16. The Morgan fingerprint density at radius 1 is 1.82 bits per heavy atom. The molecule has 0 aliphatic rings. The van der Waals surface area contributed by atoms with Gasteiger partial charge in [-0.1, -0.05) is 0 Å². The number of hydrogen-bond donors (Lipinski definition) is 1. The molecule has 0 aliphatic heterocycles. The summed E-state index contributed by atoms with van der Waals surface area (Å²) in [6, 6.07) is 3.04. The molecule has 0 fully saturated rings. The summed E-state index contributed by atoms with van der Waals surface area (Å²) in [5.74, 6) is 0. The molecule has 4 heteroatoms. The lowest BCUT2D eigenvalue weighted by Gasteiger charge is -2.05. The van der Waals surface area contributed by atoms with Crippen molar-refractivity contribution in [2.45, 2.75) is 19.5 Å². The summed E-state index contributed by atoms with van der Waals surface area (Å²) >= 11 is 0. The maximum atomic E-state index is 11.0. The largest absolute Gasteiger partial charge is 0.326 e. The van der Waals surface area contributed by atoms with Crippen LogP contribution in [0.4, 0.5) is 0 Å². The minimum absolute atomic E-state index is 0.0393. The molecular formula is C7H11N3O. The van der Waals surface area contributed by atoms with Crippen LogP contribution in [0.15, 0.2) is 23.1 Å². The van der Waals surface area contributed by atoms with E-state index >= 15 is 0 Å². The topological polar surface area (TPSA) is 60.9 Å². The molecule has 60 valence electrons. The van der Waals surface area contributed by atoms with E-state index in [0.29, 0.717) is 6.54 Å². The summed E-state index contributed by atoms with van der Waals surface area (Å²) in [7, 11) is 0. The summed E-state index contributed by atoms with van der Waals surface area (Å²) in [6.45, 7) is 2.31. The second kappa shape index (κ2) is 3.30. The standard InChI is InChI=1S/C7H11N3O/c1-6(8)5-10-7(11)3-2-4-9-10/h2-4,6H,5,8H2,1H3/t6-/m0/s1. The van der Waals surface area contributed by atoms with Crippen molar-refractivity contribution in [3.63, 3.8) is 0 Å². The van der Waals surface area contributed by atoms with Gasteiger partial charge in [-0.3, -0.25) is 4.79 Å². The molecule has 2 N–H and O–H groups in total. The van der Waals surface area contributed by atoms with Gasteiger partial charge in [0.15, 0.2) is 0 Å². The van der Waals surface area contributed by atoms with E-state index in [2.05, 4.69) is 5.10 Å². The van der Waals surface area contributed by atoms with Crippen molar-refractivity contribution < 1.29 is 0 Å². The number of aromatic nitrogens is 2. The summed E-state index contributed by atoms with van der Waals surface area (Å²) < 4.78 is 1.35. The first-order valence-electron chi connectivity index (χ1n) is 3.48. The predicted octanol–water partition coefficient (Wildman–Crippen LogP) is -0.410. The van der Waals surface area contributed by atoms with Crippen LogP contribution in [-0.4, -0.2) is 15.8 Å². The van der Waals surface area contributed by atoms with Gasteiger partial charge in [0, 0.05) is 18.3 Å². The SMILES string of the molecule is C[C@H](N)Cn1ncccc1=O. The van der Waals surface area contributed by atoms with Gasteiger partial charge in [0.2, 0.25) is 0 Å². The average molecular weight is 153 g/mol. The highest BCUT2D eigenvalue weighted by Gasteiger charge is 1.97. The quantitative estimate of drug-likeness (QED) is 0.628. The fourth-order valence-electron chi connectivity index (χ4n) is 0.797. The average Bonchev–Trinajstić information content (AvgIpc) is 1.93. The van der Waals surface area contributed by atoms with E-state index in [1.807, 2.05) is 6.92 Å². The Morgan fingerprint density at radius 2 is 2.55 bits per heavy atom. The molecule has 0 spiro atoms. The van der Waals surface area contributed by atoms with Crippen molar-refractivity contribution >= 4 is 0 Å². The van der Waals surface area contributed by atoms with Crippen LogP contribution in [0.5, 0.6) is 0 Å². The fourth-order valence-corrected chi connectivity index (χ4v) is 0.797. The van der Waals surface area contributed by atoms with E-state index in [1.165, 1.54) is 10.7 Å². The highest BCUT2D eigenvalue weighted by molar-refractivity contribution is 4.84. The Hall–Kier alpha value is -1.16. The Balaban J connectivity index is 2.87. The lowest BCUT2D eigenvalue weighted by Crippen LogP contribution is -2.30. The first-order chi connectivity index (χ1) is 5.20. The van der Waals surface area contributed by atoms with Gasteiger partial charge in [-0.2, -0.15) is 5.10 Å². The minimum Gasteiger partial charge on any atom is -0.326 e. The zero-order chi connectivity index (χ0) is 8.27. The van der Waals surface area contributed by atoms with E-state index < -0.39 is 0 Å². The first kappa shape index (κ1) is 7.94. The molecule has 0 bridgehead atoms. The molecule has 1 aromatic rings. The van der Waals surface area contributed by atoms with E-state index in [9.17, 15) is 4.79 Å². The van der Waals surface area contributed by atoms with Gasteiger partial charge in [-0.05, 0) is 13.0 Å². The lowest BCUT2D eigenvalue weighted by molar-refractivity contribution is 0.513. The zero-order valence-corrected chi connectivity index (χ0v) is 6.40. The molecule has 1 heterocycles. The minimum atomic E-state index is -0.107. The van der Waals surface area contributed by atoms with E-state index in [-0.39, 0.29) is 11.6 Å². The fraction of sp³-hybridized carbons (Fsp3) is 0.429. The third-order valence-corrected chi connectivity index (χ3v) is 1.25. The van der Waals surface area contributed by atoms with Gasteiger partial charge in [0.05, 0.1) is 6.54 Å². The Morgan fingerprint density at radius 3 is 3.09 bits per heavy atom. The summed E-state index contributed by atoms with van der Waals surface area (Å²) in [5.41, 5.74) is 5.39. The van der Waals surface area contributed by atoms with Gasteiger partial charge in [-0.25, -0.2) is 4.68 Å². The van der Waals surface area contributed by atoms with Gasteiger partial charge in [0.1, 0.15) is 0 Å². The third-order valence-electron chi connectivity index (χ3n) is 1.25. The van der Waals surface area contributed by atoms with Crippen LogP contribution in [0.1, 0.15) is 6.92 Å². The van der Waals surface area contributed by atoms with Gasteiger partial charge >= 0.3 is 0 Å². The van der Waals surface area contributed by atoms with E-state index in [1.54, 1.807) is 12.3 Å². The van der Waals surface area contributed by atoms with Gasteiger partial charge < -0.3 is 5.73 Å². The van der Waals surface area contributed by atoms with Crippen molar-refractivity contribution in [2.24, 2.45) is 5.73 Å². The molecular weight excluding hydrogens is 142 g/mol. The highest BCUT2D eigenvalue weighted by atomic mass is 16.1. The number of hydrogen-bond acceptors (Lipinski definition) is 3. The first-order valence-corrected chi connectivity index (χ1v) is 3.48. The molecule has 11 heavy (non-hydrogen) atoms. The molecule has 1 rings (SSSR count). The molecule has 0 amide bonds. The van der Waals surface area contributed by atoms with Crippen molar-refractivity contribution in [3.05, 3.63) is 28.7 Å². The zero-order valence-electron chi connectivity index (χ0n) is 6.40. The molecule has 4 nitrogen and oxygen atoms in total. The van der Waals surface area contributed by atoms with Crippen LogP contribution < -0.4 is 11.3 Å². The number of nitrogens with zero attached hydrogens (tertiary/aromatic N) is 2. The van der Waals surface area contributed by atoms with Crippen LogP contribution in [0.25, 0.3) is 0 Å². The second-order valence-electron chi connectivity index (χ2n) is 2.52. The van der Waals surface area contributed by atoms with Crippen molar-refractivity contribution in [1.29, 1.82) is 0 Å². The van der Waals surface area contributed by atoms with Crippen molar-refractivity contribution in [1.82, 2.24) is 9.78 Å². The monoisotopic (exact) mass is 153 g/mol. The van der Waals surface area contributed by atoms with Crippen molar-refractivity contribution in [3.8, 4) is 0 Å². The molecule has 0 radical (unpaired) electrons. The normalized spacial score (nSPS) is 12.9. The van der Waals surface area contributed by atoms with Gasteiger partial charge in [0.25, 0.3) is 5.56 Å².